The second-order valence-corrected chi connectivity index (χ2v) is 12.5. The second kappa shape index (κ2) is 9.58. The van der Waals surface area contributed by atoms with Crippen molar-refractivity contribution in [3.05, 3.63) is 30.1 Å². The third-order valence-electron chi connectivity index (χ3n) is 8.13. The Kier molecular flexibility index (Phi) is 6.36. The Labute approximate surface area is 222 Å². The molecular weight excluding hydrogens is 504 g/mol. The molecule has 0 radical (unpaired) electrons. The van der Waals surface area contributed by atoms with Crippen molar-refractivity contribution in [2.45, 2.75) is 32.7 Å². The van der Waals surface area contributed by atoms with Gasteiger partial charge in [-0.15, -0.1) is 5.10 Å². The molecule has 12 heteroatoms. The lowest BCUT2D eigenvalue weighted by Gasteiger charge is -2.34. The summed E-state index contributed by atoms with van der Waals surface area (Å²) in [6.45, 7) is 7.93. The third kappa shape index (κ3) is 4.34. The molecule has 202 valence electrons. The quantitative estimate of drug-likeness (QED) is 0.381. The van der Waals surface area contributed by atoms with Crippen molar-refractivity contribution < 1.29 is 13.2 Å². The Morgan fingerprint density at radius 2 is 1.84 bits per heavy atom. The van der Waals surface area contributed by atoms with Crippen molar-refractivity contribution in [3.8, 4) is 11.3 Å². The van der Waals surface area contributed by atoms with Gasteiger partial charge in [-0.3, -0.25) is 4.98 Å². The van der Waals surface area contributed by atoms with Crippen LogP contribution in [0.2, 0.25) is 0 Å². The molecule has 0 saturated carbocycles. The lowest BCUT2D eigenvalue weighted by Crippen LogP contribution is -2.48. The number of aromatic nitrogens is 6. The highest BCUT2D eigenvalue weighted by Crippen LogP contribution is 2.38. The van der Waals surface area contributed by atoms with Gasteiger partial charge in [0.1, 0.15) is 11.5 Å². The molecule has 6 rings (SSSR count). The molecule has 4 aromatic heterocycles. The van der Waals surface area contributed by atoms with Crippen LogP contribution in [0.1, 0.15) is 31.5 Å². The van der Waals surface area contributed by atoms with E-state index in [2.05, 4.69) is 38.8 Å². The summed E-state index contributed by atoms with van der Waals surface area (Å²) in [5.41, 5.74) is 5.67. The van der Waals surface area contributed by atoms with E-state index in [1.54, 1.807) is 4.68 Å². The molecule has 11 nitrogen and oxygen atoms in total. The van der Waals surface area contributed by atoms with Crippen LogP contribution in [0.4, 0.5) is 5.82 Å². The number of hydrogen-bond acceptors (Lipinski definition) is 8. The van der Waals surface area contributed by atoms with E-state index in [9.17, 15) is 8.42 Å². The van der Waals surface area contributed by atoms with Gasteiger partial charge in [0.15, 0.2) is 0 Å². The maximum absolute atomic E-state index is 12.0. The summed E-state index contributed by atoms with van der Waals surface area (Å²) in [4.78, 5) is 12.3. The molecule has 2 saturated heterocycles. The number of anilines is 1. The minimum Gasteiger partial charge on any atom is -0.381 e. The molecule has 6 heterocycles. The minimum atomic E-state index is -3.19. The average Bonchev–Trinajstić information content (AvgIpc) is 3.43. The summed E-state index contributed by atoms with van der Waals surface area (Å²) in [5, 5.41) is 9.44. The summed E-state index contributed by atoms with van der Waals surface area (Å²) in [5.74, 6) is 1.33. The fourth-order valence-electron chi connectivity index (χ4n) is 6.00. The van der Waals surface area contributed by atoms with E-state index in [4.69, 9.17) is 14.7 Å². The van der Waals surface area contributed by atoms with Crippen LogP contribution in [0.25, 0.3) is 33.3 Å². The van der Waals surface area contributed by atoms with E-state index in [1.165, 1.54) is 10.6 Å². The number of fused-ring (bicyclic) bond motifs is 3. The van der Waals surface area contributed by atoms with E-state index < -0.39 is 10.0 Å². The van der Waals surface area contributed by atoms with E-state index in [0.717, 1.165) is 70.9 Å². The van der Waals surface area contributed by atoms with Crippen molar-refractivity contribution in [1.82, 2.24) is 33.8 Å². The van der Waals surface area contributed by atoms with Crippen LogP contribution in [0.15, 0.2) is 24.4 Å². The van der Waals surface area contributed by atoms with Gasteiger partial charge in [0.2, 0.25) is 10.0 Å². The summed E-state index contributed by atoms with van der Waals surface area (Å²) in [6.07, 6.45) is 5.18. The average molecular weight is 539 g/mol. The number of nitrogens with zero attached hydrogens (tertiary/aromatic N) is 8. The Hall–Kier alpha value is -3.09. The van der Waals surface area contributed by atoms with Crippen LogP contribution < -0.4 is 4.90 Å². The Morgan fingerprint density at radius 1 is 1.11 bits per heavy atom. The first kappa shape index (κ1) is 25.2. The van der Waals surface area contributed by atoms with Gasteiger partial charge in [-0.05, 0) is 50.8 Å². The van der Waals surface area contributed by atoms with Gasteiger partial charge in [0.05, 0.1) is 28.7 Å². The molecule has 38 heavy (non-hydrogen) atoms. The molecule has 0 aromatic carbocycles. The highest BCUT2D eigenvalue weighted by atomic mass is 32.2. The lowest BCUT2D eigenvalue weighted by molar-refractivity contribution is 0.0524. The first-order valence-electron chi connectivity index (χ1n) is 13.2. The number of hydrogen-bond donors (Lipinski definition) is 0. The SMILES string of the molecule is Cc1nnn(C)c1-c1cnc2c3ccc(N4CCN(S(C)(=O)=O)CC4)nc3n([C@H](C)C3CCOCC3)c2c1. The third-order valence-corrected chi connectivity index (χ3v) is 9.43. The van der Waals surface area contributed by atoms with Crippen LogP contribution in [-0.4, -0.2) is 87.9 Å². The van der Waals surface area contributed by atoms with Crippen LogP contribution in [0, 0.1) is 12.8 Å². The number of rotatable bonds is 5. The minimum absolute atomic E-state index is 0.201. The van der Waals surface area contributed by atoms with Crippen molar-refractivity contribution in [1.29, 1.82) is 0 Å². The van der Waals surface area contributed by atoms with E-state index in [-0.39, 0.29) is 6.04 Å². The number of ether oxygens (including phenoxy) is 1. The topological polar surface area (TPSA) is 111 Å². The highest BCUT2D eigenvalue weighted by molar-refractivity contribution is 7.88. The fourth-order valence-corrected chi connectivity index (χ4v) is 6.82. The maximum Gasteiger partial charge on any atom is 0.211 e. The monoisotopic (exact) mass is 538 g/mol. The first-order valence-corrected chi connectivity index (χ1v) is 15.0. The van der Waals surface area contributed by atoms with Crippen molar-refractivity contribution in [2.75, 3.05) is 50.5 Å². The van der Waals surface area contributed by atoms with Gasteiger partial charge in [0, 0.05) is 69.6 Å². The molecule has 0 bridgehead atoms. The molecular formula is C26H34N8O3S. The summed E-state index contributed by atoms with van der Waals surface area (Å²) in [6, 6.07) is 6.54. The Bertz CT molecular complexity index is 1580. The van der Waals surface area contributed by atoms with Crippen molar-refractivity contribution >= 4 is 37.9 Å². The Morgan fingerprint density at radius 3 is 2.50 bits per heavy atom. The van der Waals surface area contributed by atoms with Gasteiger partial charge in [-0.2, -0.15) is 4.31 Å². The number of piperazine rings is 1. The molecule has 1 atom stereocenters. The van der Waals surface area contributed by atoms with Crippen molar-refractivity contribution in [2.24, 2.45) is 13.0 Å². The Balaban J connectivity index is 1.47. The normalized spacial score (nSPS) is 19.0. The first-order chi connectivity index (χ1) is 18.2. The molecule has 0 unspecified atom stereocenters. The molecule has 2 aliphatic rings. The van der Waals surface area contributed by atoms with Gasteiger partial charge in [-0.25, -0.2) is 18.1 Å². The van der Waals surface area contributed by atoms with Gasteiger partial charge in [-0.1, -0.05) is 5.21 Å². The standard InChI is InChI=1S/C26H34N8O3S/c1-17-25(31(3)30-29-17)20-15-22-24(27-16-20)21-5-6-23(32-9-11-33(12-10-32)38(4,35)36)28-26(21)34(22)18(2)19-7-13-37-14-8-19/h5-6,15-16,18-19H,7-14H2,1-4H3/t18-/m1/s1. The van der Waals surface area contributed by atoms with E-state index in [1.807, 2.05) is 26.2 Å². The fraction of sp³-hybridized carbons (Fsp3) is 0.538. The predicted molar refractivity (Wildman–Crippen MR) is 147 cm³/mol. The smallest absolute Gasteiger partial charge is 0.211 e. The number of sulfonamides is 1. The molecule has 4 aromatic rings. The van der Waals surface area contributed by atoms with Crippen LogP contribution in [-0.2, 0) is 21.8 Å². The summed E-state index contributed by atoms with van der Waals surface area (Å²) in [7, 11) is -1.29. The molecule has 0 N–H and O–H groups in total. The molecule has 2 aliphatic heterocycles. The molecule has 0 spiro atoms. The molecule has 2 fully saturated rings. The predicted octanol–water partition coefficient (Wildman–Crippen LogP) is 2.76. The van der Waals surface area contributed by atoms with Crippen LogP contribution in [0.3, 0.4) is 0 Å². The molecule has 0 aliphatic carbocycles. The van der Waals surface area contributed by atoms with Gasteiger partial charge < -0.3 is 14.2 Å². The zero-order chi connectivity index (χ0) is 26.6. The van der Waals surface area contributed by atoms with Crippen LogP contribution in [0.5, 0.6) is 0 Å². The van der Waals surface area contributed by atoms with Gasteiger partial charge >= 0.3 is 0 Å². The number of aryl methyl sites for hydroxylation is 2. The summed E-state index contributed by atoms with van der Waals surface area (Å²) >= 11 is 0. The second-order valence-electron chi connectivity index (χ2n) is 10.5. The zero-order valence-corrected chi connectivity index (χ0v) is 23.1. The number of pyridine rings is 2. The summed E-state index contributed by atoms with van der Waals surface area (Å²) < 4.78 is 35.3. The lowest BCUT2D eigenvalue weighted by atomic mass is 9.92. The largest absolute Gasteiger partial charge is 0.381 e. The molecule has 0 amide bonds. The maximum atomic E-state index is 12.0. The van der Waals surface area contributed by atoms with E-state index >= 15 is 0 Å². The van der Waals surface area contributed by atoms with E-state index in [0.29, 0.717) is 32.1 Å². The van der Waals surface area contributed by atoms with Crippen molar-refractivity contribution in [3.63, 3.8) is 0 Å². The zero-order valence-electron chi connectivity index (χ0n) is 22.3. The highest BCUT2D eigenvalue weighted by Gasteiger charge is 2.28. The van der Waals surface area contributed by atoms with Gasteiger partial charge in [0.25, 0.3) is 0 Å². The van der Waals surface area contributed by atoms with Crippen LogP contribution >= 0.6 is 0 Å².